The summed E-state index contributed by atoms with van der Waals surface area (Å²) in [4.78, 5) is 21.2. The molecule has 1 amide bonds. The van der Waals surface area contributed by atoms with Gasteiger partial charge in [-0.2, -0.15) is 13.2 Å². The third-order valence-corrected chi connectivity index (χ3v) is 5.78. The molecule has 1 aromatic carbocycles. The summed E-state index contributed by atoms with van der Waals surface area (Å²) in [6, 6.07) is 12.3. The second-order valence-electron chi connectivity index (χ2n) is 8.08. The Balaban J connectivity index is 1.50. The van der Waals surface area contributed by atoms with Crippen LogP contribution in [0.3, 0.4) is 0 Å². The highest BCUT2D eigenvalue weighted by atomic mass is 19.4. The predicted molar refractivity (Wildman–Crippen MR) is 113 cm³/mol. The van der Waals surface area contributed by atoms with Crippen LogP contribution in [0.15, 0.2) is 54.9 Å². The Hall–Kier alpha value is -2.87. The van der Waals surface area contributed by atoms with E-state index in [0.717, 1.165) is 34.2 Å². The summed E-state index contributed by atoms with van der Waals surface area (Å²) in [5.41, 5.74) is 1.94. The molecule has 1 saturated carbocycles. The highest BCUT2D eigenvalue weighted by molar-refractivity contribution is 5.98. The van der Waals surface area contributed by atoms with Crippen molar-refractivity contribution in [2.24, 2.45) is 0 Å². The van der Waals surface area contributed by atoms with Crippen molar-refractivity contribution < 1.29 is 18.0 Å². The molecule has 31 heavy (non-hydrogen) atoms. The van der Waals surface area contributed by atoms with Crippen molar-refractivity contribution in [1.82, 2.24) is 20.2 Å². The van der Waals surface area contributed by atoms with Crippen LogP contribution >= 0.6 is 0 Å². The summed E-state index contributed by atoms with van der Waals surface area (Å²) >= 11 is 0. The summed E-state index contributed by atoms with van der Waals surface area (Å²) in [6.07, 6.45) is 1.70. The Morgan fingerprint density at radius 2 is 2.03 bits per heavy atom. The lowest BCUT2D eigenvalue weighted by Gasteiger charge is -2.38. The number of pyridine rings is 1. The first-order valence-electron chi connectivity index (χ1n) is 10.5. The summed E-state index contributed by atoms with van der Waals surface area (Å²) in [5, 5.41) is 4.22. The minimum Gasteiger partial charge on any atom is -0.351 e. The van der Waals surface area contributed by atoms with Gasteiger partial charge in [0.25, 0.3) is 5.91 Å². The van der Waals surface area contributed by atoms with Gasteiger partial charge in [-0.25, -0.2) is 0 Å². The zero-order valence-electron chi connectivity index (χ0n) is 17.0. The summed E-state index contributed by atoms with van der Waals surface area (Å²) < 4.78 is 40.1. The fourth-order valence-corrected chi connectivity index (χ4v) is 4.30. The number of amides is 1. The average molecular weight is 430 g/mol. The summed E-state index contributed by atoms with van der Waals surface area (Å²) in [6.45, 7) is -0.651. The Morgan fingerprint density at radius 1 is 1.19 bits per heavy atom. The van der Waals surface area contributed by atoms with Crippen molar-refractivity contribution >= 4 is 16.8 Å². The molecule has 5 nitrogen and oxygen atoms in total. The van der Waals surface area contributed by atoms with Crippen LogP contribution in [0.2, 0.25) is 0 Å². The minimum atomic E-state index is -4.46. The van der Waals surface area contributed by atoms with Gasteiger partial charge in [-0.1, -0.05) is 24.3 Å². The van der Waals surface area contributed by atoms with Gasteiger partial charge in [0.2, 0.25) is 0 Å². The molecule has 1 aliphatic rings. The number of nitrogens with zero attached hydrogens (tertiary/aromatic N) is 2. The van der Waals surface area contributed by atoms with E-state index < -0.39 is 24.7 Å². The zero-order valence-corrected chi connectivity index (χ0v) is 17.0. The summed E-state index contributed by atoms with van der Waals surface area (Å²) in [5.74, 6) is -0.605. The smallest absolute Gasteiger partial charge is 0.351 e. The molecule has 1 fully saturated rings. The van der Waals surface area contributed by atoms with Crippen molar-refractivity contribution in [1.29, 1.82) is 0 Å². The number of H-pyrrole nitrogens is 1. The molecular weight excluding hydrogens is 405 g/mol. The molecule has 8 heteroatoms. The van der Waals surface area contributed by atoms with Gasteiger partial charge in [-0.15, -0.1) is 0 Å². The number of carbonyl (C=O) groups excluding carboxylic acids is 1. The number of aromatic amines is 1. The quantitative estimate of drug-likeness (QED) is 0.598. The molecule has 0 radical (unpaired) electrons. The SMILES string of the molecule is O=C(c1cc2ccccc2[nH]1)N(CC(F)(F)F)C1CCC[C@@H](NCc2cccnc2)C1. The maximum atomic E-state index is 13.4. The Labute approximate surface area is 178 Å². The van der Waals surface area contributed by atoms with E-state index in [1.165, 1.54) is 0 Å². The molecule has 0 aliphatic heterocycles. The Bertz CT molecular complexity index is 985. The Morgan fingerprint density at radius 3 is 2.77 bits per heavy atom. The van der Waals surface area contributed by atoms with E-state index in [9.17, 15) is 18.0 Å². The molecule has 3 aromatic rings. The van der Waals surface area contributed by atoms with Crippen molar-refractivity contribution in [2.75, 3.05) is 6.54 Å². The normalized spacial score (nSPS) is 19.5. The second kappa shape index (κ2) is 9.09. The monoisotopic (exact) mass is 430 g/mol. The second-order valence-corrected chi connectivity index (χ2v) is 8.08. The maximum Gasteiger partial charge on any atom is 0.406 e. The molecule has 2 N–H and O–H groups in total. The van der Waals surface area contributed by atoms with Gasteiger partial charge in [-0.05, 0) is 49.4 Å². The van der Waals surface area contributed by atoms with Gasteiger partial charge in [0.15, 0.2) is 0 Å². The number of para-hydroxylation sites is 1. The van der Waals surface area contributed by atoms with Crippen LogP contribution in [0.25, 0.3) is 10.9 Å². The van der Waals surface area contributed by atoms with E-state index in [2.05, 4.69) is 15.3 Å². The highest BCUT2D eigenvalue weighted by Crippen LogP contribution is 2.29. The lowest BCUT2D eigenvalue weighted by molar-refractivity contribution is -0.146. The van der Waals surface area contributed by atoms with Gasteiger partial charge in [0.1, 0.15) is 12.2 Å². The van der Waals surface area contributed by atoms with Gasteiger partial charge in [0.05, 0.1) is 0 Å². The van der Waals surface area contributed by atoms with Crippen molar-refractivity contribution in [3.05, 3.63) is 66.1 Å². The maximum absolute atomic E-state index is 13.4. The predicted octanol–water partition coefficient (Wildman–Crippen LogP) is 4.67. The number of benzene rings is 1. The first-order valence-corrected chi connectivity index (χ1v) is 10.5. The average Bonchev–Trinajstić information content (AvgIpc) is 3.20. The van der Waals surface area contributed by atoms with E-state index in [1.807, 2.05) is 30.3 Å². The number of hydrogen-bond donors (Lipinski definition) is 2. The third-order valence-electron chi connectivity index (χ3n) is 5.78. The van der Waals surface area contributed by atoms with Gasteiger partial charge >= 0.3 is 6.18 Å². The standard InChI is InChI=1S/C23H25F3N4O/c24-23(25,26)15-30(22(31)21-11-17-6-1-2-9-20(17)29-21)19-8-3-7-18(12-19)28-14-16-5-4-10-27-13-16/h1-2,4-6,9-11,13,18-19,28-29H,3,7-8,12,14-15H2/t18-,19?/m1/s1. The van der Waals surface area contributed by atoms with Crippen molar-refractivity contribution in [3.8, 4) is 0 Å². The van der Waals surface area contributed by atoms with E-state index in [1.54, 1.807) is 24.5 Å². The third kappa shape index (κ3) is 5.44. The fourth-order valence-electron chi connectivity index (χ4n) is 4.30. The van der Waals surface area contributed by atoms with Gasteiger partial charge in [0, 0.05) is 41.9 Å². The molecular formula is C23H25F3N4O. The number of rotatable bonds is 6. The van der Waals surface area contributed by atoms with Crippen LogP contribution in [0.5, 0.6) is 0 Å². The molecule has 2 heterocycles. The zero-order chi connectivity index (χ0) is 21.8. The van der Waals surface area contributed by atoms with Gasteiger partial charge in [-0.3, -0.25) is 9.78 Å². The van der Waals surface area contributed by atoms with E-state index >= 15 is 0 Å². The minimum absolute atomic E-state index is 0.0465. The van der Waals surface area contributed by atoms with E-state index in [0.29, 0.717) is 19.4 Å². The van der Waals surface area contributed by atoms with Crippen LogP contribution in [0, 0.1) is 0 Å². The first kappa shape index (κ1) is 21.4. The highest BCUT2D eigenvalue weighted by Gasteiger charge is 2.39. The fraction of sp³-hybridized carbons (Fsp3) is 0.391. The number of aromatic nitrogens is 2. The molecule has 4 rings (SSSR count). The molecule has 1 unspecified atom stereocenters. The van der Waals surface area contributed by atoms with Crippen molar-refractivity contribution in [3.63, 3.8) is 0 Å². The number of alkyl halides is 3. The number of fused-ring (bicyclic) bond motifs is 1. The number of nitrogens with one attached hydrogen (secondary N) is 2. The molecule has 2 atom stereocenters. The number of hydrogen-bond acceptors (Lipinski definition) is 3. The number of halogens is 3. The molecule has 0 saturated heterocycles. The van der Waals surface area contributed by atoms with Crippen LogP contribution in [-0.2, 0) is 6.54 Å². The first-order chi connectivity index (χ1) is 14.9. The summed E-state index contributed by atoms with van der Waals surface area (Å²) in [7, 11) is 0. The van der Waals surface area contributed by atoms with Gasteiger partial charge < -0.3 is 15.2 Å². The molecule has 0 spiro atoms. The van der Waals surface area contributed by atoms with Crippen LogP contribution in [0.4, 0.5) is 13.2 Å². The molecule has 164 valence electrons. The Kier molecular flexibility index (Phi) is 6.27. The van der Waals surface area contributed by atoms with E-state index in [-0.39, 0.29) is 11.7 Å². The lowest BCUT2D eigenvalue weighted by Crippen LogP contribution is -2.50. The number of carbonyl (C=O) groups is 1. The van der Waals surface area contributed by atoms with Crippen LogP contribution in [-0.4, -0.2) is 45.6 Å². The molecule has 0 bridgehead atoms. The van der Waals surface area contributed by atoms with Crippen LogP contribution in [0.1, 0.15) is 41.7 Å². The largest absolute Gasteiger partial charge is 0.406 e. The molecule has 2 aromatic heterocycles. The lowest BCUT2D eigenvalue weighted by atomic mass is 9.89. The van der Waals surface area contributed by atoms with E-state index in [4.69, 9.17) is 0 Å². The topological polar surface area (TPSA) is 61.0 Å². The van der Waals surface area contributed by atoms with Crippen LogP contribution < -0.4 is 5.32 Å². The molecule has 1 aliphatic carbocycles. The van der Waals surface area contributed by atoms with Crippen molar-refractivity contribution in [2.45, 2.75) is 50.5 Å².